The van der Waals surface area contributed by atoms with Gasteiger partial charge in [-0.1, -0.05) is 48.5 Å². The summed E-state index contributed by atoms with van der Waals surface area (Å²) in [7, 11) is 0. The van der Waals surface area contributed by atoms with Gasteiger partial charge < -0.3 is 10.1 Å². The van der Waals surface area contributed by atoms with E-state index in [0.29, 0.717) is 11.4 Å². The fourth-order valence-corrected chi connectivity index (χ4v) is 3.76. The van der Waals surface area contributed by atoms with E-state index in [0.717, 1.165) is 27.2 Å². The summed E-state index contributed by atoms with van der Waals surface area (Å²) >= 11 is 0. The zero-order valence-electron chi connectivity index (χ0n) is 19.8. The molecule has 4 rings (SSSR count). The maximum atomic E-state index is 12.7. The Hall–Kier alpha value is -4.97. The summed E-state index contributed by atoms with van der Waals surface area (Å²) in [5.41, 5.74) is 3.01. The molecule has 9 nitrogen and oxygen atoms in total. The van der Waals surface area contributed by atoms with Crippen LogP contribution in [0.25, 0.3) is 5.69 Å². The quantitative estimate of drug-likeness (QED) is 0.404. The number of hydrogen-bond donors (Lipinski definition) is 1. The fraction of sp³-hybridized carbons (Fsp3) is 0.148. The average Bonchev–Trinajstić information content (AvgIpc) is 3.13. The second-order valence-electron chi connectivity index (χ2n) is 8.04. The number of nitrogens with one attached hydrogen (secondary N) is 1. The van der Waals surface area contributed by atoms with Crippen molar-refractivity contribution >= 4 is 17.7 Å². The lowest BCUT2D eigenvalue weighted by Crippen LogP contribution is -2.27. The summed E-state index contributed by atoms with van der Waals surface area (Å²) in [5, 5.41) is 16.5. The van der Waals surface area contributed by atoms with Crippen LogP contribution in [-0.4, -0.2) is 32.8 Å². The molecule has 4 aromatic rings. The summed E-state index contributed by atoms with van der Waals surface area (Å²) in [5.74, 6) is -1.17. The number of carbonyl (C=O) groups excluding carboxylic acids is 2. The lowest BCUT2D eigenvalue weighted by Gasteiger charge is -2.13. The molecule has 0 saturated heterocycles. The Morgan fingerprint density at radius 1 is 1.00 bits per heavy atom. The summed E-state index contributed by atoms with van der Waals surface area (Å²) in [6, 6.07) is 23.1. The number of nitrogens with zero attached hydrogens (tertiary/aromatic N) is 4. The van der Waals surface area contributed by atoms with E-state index in [-0.39, 0.29) is 17.8 Å². The smallest absolute Gasteiger partial charge is 0.359 e. The van der Waals surface area contributed by atoms with Crippen molar-refractivity contribution < 1.29 is 14.3 Å². The zero-order chi connectivity index (χ0) is 25.7. The summed E-state index contributed by atoms with van der Waals surface area (Å²) in [6.45, 7) is 3.25. The molecule has 0 saturated carbocycles. The van der Waals surface area contributed by atoms with E-state index >= 15 is 0 Å². The minimum absolute atomic E-state index is 0.101. The van der Waals surface area contributed by atoms with E-state index in [2.05, 4.69) is 16.5 Å². The molecule has 0 unspecified atom stereocenters. The first-order chi connectivity index (χ1) is 17.4. The summed E-state index contributed by atoms with van der Waals surface area (Å²) in [6.07, 6.45) is 0. The van der Waals surface area contributed by atoms with Crippen molar-refractivity contribution in [2.75, 3.05) is 11.9 Å². The van der Waals surface area contributed by atoms with E-state index < -0.39 is 18.5 Å². The summed E-state index contributed by atoms with van der Waals surface area (Å²) in [4.78, 5) is 37.4. The predicted molar refractivity (Wildman–Crippen MR) is 133 cm³/mol. The minimum atomic E-state index is -0.849. The van der Waals surface area contributed by atoms with Crippen LogP contribution in [0, 0.1) is 25.2 Å². The maximum absolute atomic E-state index is 12.7. The molecule has 0 aliphatic heterocycles. The van der Waals surface area contributed by atoms with Gasteiger partial charge in [-0.25, -0.2) is 9.48 Å². The maximum Gasteiger partial charge on any atom is 0.359 e. The number of para-hydroxylation sites is 1. The topological polar surface area (TPSA) is 119 Å². The molecule has 0 atom stereocenters. The molecule has 0 aliphatic rings. The second kappa shape index (κ2) is 10.5. The van der Waals surface area contributed by atoms with Crippen molar-refractivity contribution in [3.63, 3.8) is 0 Å². The van der Waals surface area contributed by atoms with Crippen molar-refractivity contribution in [3.8, 4) is 11.8 Å². The van der Waals surface area contributed by atoms with Crippen LogP contribution < -0.4 is 10.9 Å². The van der Waals surface area contributed by atoms with Crippen LogP contribution in [0.15, 0.2) is 77.6 Å². The van der Waals surface area contributed by atoms with Crippen molar-refractivity contribution in [1.82, 2.24) is 14.3 Å². The number of rotatable bonds is 7. The van der Waals surface area contributed by atoms with Crippen LogP contribution in [0.1, 0.15) is 32.9 Å². The molecule has 1 amide bonds. The molecule has 2 heterocycles. The molecule has 180 valence electrons. The highest BCUT2D eigenvalue weighted by atomic mass is 16.5. The molecule has 2 aromatic heterocycles. The third kappa shape index (κ3) is 5.08. The molecule has 2 aromatic carbocycles. The molecule has 9 heteroatoms. The van der Waals surface area contributed by atoms with Gasteiger partial charge in [-0.2, -0.15) is 10.4 Å². The number of esters is 1. The molecule has 1 N–H and O–H groups in total. The molecular formula is C27H23N5O4. The highest BCUT2D eigenvalue weighted by molar-refractivity contribution is 5.95. The third-order valence-corrected chi connectivity index (χ3v) is 5.68. The number of anilines is 1. The first-order valence-electron chi connectivity index (χ1n) is 11.2. The highest BCUT2D eigenvalue weighted by Crippen LogP contribution is 2.29. The molecule has 0 aliphatic carbocycles. The Bertz CT molecular complexity index is 1520. The normalized spacial score (nSPS) is 10.5. The van der Waals surface area contributed by atoms with Gasteiger partial charge in [-0.15, -0.1) is 0 Å². The number of aromatic nitrogens is 3. The van der Waals surface area contributed by atoms with Crippen LogP contribution in [0.5, 0.6) is 0 Å². The third-order valence-electron chi connectivity index (χ3n) is 5.68. The lowest BCUT2D eigenvalue weighted by molar-refractivity contribution is -0.119. The second-order valence-corrected chi connectivity index (χ2v) is 8.04. The SMILES string of the molecule is Cc1c(C#N)c(NC(=O)COC(=O)c2ccc(=O)n(Cc3ccccc3)n2)n(-c2ccccc2)c1C. The van der Waals surface area contributed by atoms with Gasteiger partial charge >= 0.3 is 5.97 Å². The van der Waals surface area contributed by atoms with Gasteiger partial charge in [0.2, 0.25) is 0 Å². The van der Waals surface area contributed by atoms with Crippen molar-refractivity contribution in [2.45, 2.75) is 20.4 Å². The van der Waals surface area contributed by atoms with E-state index in [1.807, 2.05) is 67.6 Å². The van der Waals surface area contributed by atoms with Crippen LogP contribution in [0.4, 0.5) is 5.82 Å². The van der Waals surface area contributed by atoms with E-state index in [9.17, 15) is 19.6 Å². The van der Waals surface area contributed by atoms with Gasteiger partial charge in [0, 0.05) is 17.4 Å². The number of carbonyl (C=O) groups is 2. The van der Waals surface area contributed by atoms with Crippen molar-refractivity contribution in [3.05, 3.63) is 111 Å². The van der Waals surface area contributed by atoms with Gasteiger partial charge in [0.1, 0.15) is 11.9 Å². The van der Waals surface area contributed by atoms with Crippen molar-refractivity contribution in [2.24, 2.45) is 0 Å². The Kier molecular flexibility index (Phi) is 7.07. The van der Waals surface area contributed by atoms with Gasteiger partial charge in [-0.05, 0) is 43.2 Å². The molecule has 0 radical (unpaired) electrons. The Morgan fingerprint density at radius 3 is 2.33 bits per heavy atom. The number of benzene rings is 2. The molecule has 0 fully saturated rings. The summed E-state index contributed by atoms with van der Waals surface area (Å²) < 4.78 is 8.07. The van der Waals surface area contributed by atoms with Crippen LogP contribution in [-0.2, 0) is 16.1 Å². The van der Waals surface area contributed by atoms with E-state index in [1.54, 1.807) is 11.5 Å². The molecular weight excluding hydrogens is 458 g/mol. The van der Waals surface area contributed by atoms with Crippen LogP contribution in [0.3, 0.4) is 0 Å². The number of nitriles is 1. The average molecular weight is 482 g/mol. The number of ether oxygens (including phenoxy) is 1. The first-order valence-corrected chi connectivity index (χ1v) is 11.2. The van der Waals surface area contributed by atoms with Gasteiger partial charge in [0.25, 0.3) is 11.5 Å². The van der Waals surface area contributed by atoms with Gasteiger partial charge in [0.15, 0.2) is 12.3 Å². The first kappa shape index (κ1) is 24.2. The van der Waals surface area contributed by atoms with Gasteiger partial charge in [-0.3, -0.25) is 14.2 Å². The van der Waals surface area contributed by atoms with Crippen LogP contribution >= 0.6 is 0 Å². The number of amides is 1. The number of hydrogen-bond acceptors (Lipinski definition) is 6. The highest BCUT2D eigenvalue weighted by Gasteiger charge is 2.21. The van der Waals surface area contributed by atoms with Crippen LogP contribution in [0.2, 0.25) is 0 Å². The molecule has 0 bridgehead atoms. The minimum Gasteiger partial charge on any atom is -0.451 e. The predicted octanol–water partition coefficient (Wildman–Crippen LogP) is 3.37. The molecule has 36 heavy (non-hydrogen) atoms. The Labute approximate surface area is 207 Å². The fourth-order valence-electron chi connectivity index (χ4n) is 3.76. The lowest BCUT2D eigenvalue weighted by atomic mass is 10.2. The Balaban J connectivity index is 1.48. The van der Waals surface area contributed by atoms with Gasteiger partial charge in [0.05, 0.1) is 12.1 Å². The standard InChI is InChI=1S/C27H23N5O4/c1-18-19(2)32(21-11-7-4-8-12-21)26(22(18)15-28)29-24(33)17-36-27(35)23-13-14-25(34)31(30-23)16-20-9-5-3-6-10-20/h3-14H,16-17H2,1-2H3,(H,29,33). The van der Waals surface area contributed by atoms with E-state index in [1.165, 1.54) is 12.1 Å². The zero-order valence-corrected chi connectivity index (χ0v) is 19.8. The Morgan fingerprint density at radius 2 is 1.67 bits per heavy atom. The largest absolute Gasteiger partial charge is 0.451 e. The monoisotopic (exact) mass is 481 g/mol. The van der Waals surface area contributed by atoms with Crippen molar-refractivity contribution in [1.29, 1.82) is 5.26 Å². The van der Waals surface area contributed by atoms with E-state index in [4.69, 9.17) is 4.74 Å². The molecule has 0 spiro atoms.